The lowest BCUT2D eigenvalue weighted by atomic mass is 10.3. The summed E-state index contributed by atoms with van der Waals surface area (Å²) in [5.41, 5.74) is 0.951. The fourth-order valence-electron chi connectivity index (χ4n) is 2.63. The maximum absolute atomic E-state index is 12.6. The number of aromatic nitrogens is 3. The van der Waals surface area contributed by atoms with Crippen LogP contribution in [0.5, 0.6) is 0 Å². The van der Waals surface area contributed by atoms with Gasteiger partial charge in [0.25, 0.3) is 5.91 Å². The van der Waals surface area contributed by atoms with Crippen molar-refractivity contribution in [2.24, 2.45) is 5.92 Å². The average molecular weight is 334 g/mol. The lowest BCUT2D eigenvalue weighted by Crippen LogP contribution is -2.47. The Hall–Kier alpha value is -2.00. The number of carbonyl (C=O) groups excluding carboxylic acids is 2. The number of thiazole rings is 1. The zero-order valence-electron chi connectivity index (χ0n) is 12.8. The maximum atomic E-state index is 12.6. The second-order valence-corrected chi connectivity index (χ2v) is 7.13. The number of likely N-dealkylation sites (N-methyl/N-ethyl adjacent to an activating group) is 1. The van der Waals surface area contributed by atoms with Crippen molar-refractivity contribution >= 4 is 38.6 Å². The molecule has 2 aliphatic rings. The second-order valence-electron chi connectivity index (χ2n) is 6.13. The van der Waals surface area contributed by atoms with E-state index >= 15 is 0 Å². The molecule has 1 aliphatic carbocycles. The van der Waals surface area contributed by atoms with E-state index in [4.69, 9.17) is 0 Å². The van der Waals surface area contributed by atoms with Gasteiger partial charge in [0.1, 0.15) is 4.70 Å². The number of aromatic amines is 1. The number of H-pyrrole nitrogens is 1. The van der Waals surface area contributed by atoms with Crippen LogP contribution in [-0.2, 0) is 4.79 Å². The van der Waals surface area contributed by atoms with E-state index in [0.717, 1.165) is 25.9 Å². The molecule has 2 N–H and O–H groups in total. The lowest BCUT2D eigenvalue weighted by Gasteiger charge is -2.31. The monoisotopic (exact) mass is 334 g/mol. The highest BCUT2D eigenvalue weighted by Gasteiger charge is 2.31. The Kier molecular flexibility index (Phi) is 3.53. The summed E-state index contributed by atoms with van der Waals surface area (Å²) in [7, 11) is 2.05. The largest absolute Gasteiger partial charge is 0.335 e. The van der Waals surface area contributed by atoms with E-state index in [1.165, 1.54) is 11.3 Å². The Morgan fingerprint density at radius 3 is 2.70 bits per heavy atom. The SMILES string of the molecule is CN1CCN(C(=O)c2n[nH]c3nc(NC(=O)C4CC4)sc23)CC1. The highest BCUT2D eigenvalue weighted by atomic mass is 32.1. The fourth-order valence-corrected chi connectivity index (χ4v) is 3.53. The minimum absolute atomic E-state index is 0.0151. The molecule has 0 unspecified atom stereocenters. The Labute approximate surface area is 136 Å². The number of rotatable bonds is 3. The van der Waals surface area contributed by atoms with Crippen LogP contribution in [0.3, 0.4) is 0 Å². The van der Waals surface area contributed by atoms with Gasteiger partial charge in [0.15, 0.2) is 16.5 Å². The van der Waals surface area contributed by atoms with Crippen LogP contribution in [-0.4, -0.2) is 70.0 Å². The number of hydrogen-bond donors (Lipinski definition) is 2. The van der Waals surface area contributed by atoms with E-state index in [1.807, 2.05) is 11.9 Å². The van der Waals surface area contributed by atoms with Gasteiger partial charge in [-0.3, -0.25) is 14.7 Å². The molecule has 122 valence electrons. The van der Waals surface area contributed by atoms with E-state index in [-0.39, 0.29) is 17.7 Å². The molecule has 0 spiro atoms. The molecule has 4 rings (SSSR count). The van der Waals surface area contributed by atoms with Crippen LogP contribution in [0.15, 0.2) is 0 Å². The first-order chi connectivity index (χ1) is 11.1. The molecule has 2 fully saturated rings. The zero-order chi connectivity index (χ0) is 16.0. The first-order valence-corrected chi connectivity index (χ1v) is 8.57. The normalized spacial score (nSPS) is 19.3. The first kappa shape index (κ1) is 14.6. The number of nitrogens with one attached hydrogen (secondary N) is 2. The van der Waals surface area contributed by atoms with Crippen LogP contribution in [0.25, 0.3) is 10.3 Å². The Balaban J connectivity index is 1.54. The van der Waals surface area contributed by atoms with Gasteiger partial charge in [-0.1, -0.05) is 11.3 Å². The molecule has 0 aromatic carbocycles. The Morgan fingerprint density at radius 2 is 2.00 bits per heavy atom. The molecular weight excluding hydrogens is 316 g/mol. The molecule has 1 saturated heterocycles. The molecule has 2 aromatic heterocycles. The molecule has 3 heterocycles. The minimum Gasteiger partial charge on any atom is -0.335 e. The van der Waals surface area contributed by atoms with E-state index in [9.17, 15) is 9.59 Å². The standard InChI is InChI=1S/C14H18N6O2S/c1-19-4-6-20(7-5-19)13(22)9-10-11(18-17-9)15-14(23-10)16-12(21)8-2-3-8/h8H,2-7H2,1H3,(H2,15,16,17,18,21). The number of fused-ring (bicyclic) bond motifs is 1. The molecule has 0 atom stereocenters. The molecule has 9 heteroatoms. The van der Waals surface area contributed by atoms with Gasteiger partial charge in [-0.25, -0.2) is 4.98 Å². The molecule has 2 aromatic rings. The van der Waals surface area contributed by atoms with E-state index < -0.39 is 0 Å². The van der Waals surface area contributed by atoms with Crippen molar-refractivity contribution in [1.82, 2.24) is 25.0 Å². The zero-order valence-corrected chi connectivity index (χ0v) is 13.7. The molecule has 0 radical (unpaired) electrons. The quantitative estimate of drug-likeness (QED) is 0.864. The van der Waals surface area contributed by atoms with Crippen LogP contribution < -0.4 is 5.32 Å². The van der Waals surface area contributed by atoms with Gasteiger partial charge in [0.05, 0.1) is 0 Å². The summed E-state index contributed by atoms with van der Waals surface area (Å²) in [6.07, 6.45) is 1.90. The van der Waals surface area contributed by atoms with E-state index in [1.54, 1.807) is 0 Å². The molecule has 2 amide bonds. The number of carbonyl (C=O) groups is 2. The summed E-state index contributed by atoms with van der Waals surface area (Å²) < 4.78 is 0.708. The molecule has 0 bridgehead atoms. The smallest absolute Gasteiger partial charge is 0.276 e. The van der Waals surface area contributed by atoms with E-state index in [0.29, 0.717) is 34.3 Å². The molecule has 23 heavy (non-hydrogen) atoms. The van der Waals surface area contributed by atoms with Crippen molar-refractivity contribution in [3.05, 3.63) is 5.69 Å². The molecular formula is C14H18N6O2S. The van der Waals surface area contributed by atoms with Gasteiger partial charge < -0.3 is 15.1 Å². The molecule has 1 aliphatic heterocycles. The van der Waals surface area contributed by atoms with Crippen molar-refractivity contribution in [1.29, 1.82) is 0 Å². The summed E-state index contributed by atoms with van der Waals surface area (Å²) in [5, 5.41) is 10.3. The van der Waals surface area contributed by atoms with Crippen LogP contribution >= 0.6 is 11.3 Å². The Bertz CT molecular complexity index is 756. The summed E-state index contributed by atoms with van der Waals surface area (Å²) in [4.78, 5) is 32.8. The predicted molar refractivity (Wildman–Crippen MR) is 86.5 cm³/mol. The summed E-state index contributed by atoms with van der Waals surface area (Å²) in [6.45, 7) is 3.14. The third-order valence-corrected chi connectivity index (χ3v) is 5.26. The van der Waals surface area contributed by atoms with Crippen LogP contribution in [0, 0.1) is 5.92 Å². The predicted octanol–water partition coefficient (Wildman–Crippen LogP) is 0.755. The van der Waals surface area contributed by atoms with Gasteiger partial charge in [-0.2, -0.15) is 5.10 Å². The van der Waals surface area contributed by atoms with Crippen molar-refractivity contribution in [3.63, 3.8) is 0 Å². The van der Waals surface area contributed by atoms with Gasteiger partial charge in [-0.15, -0.1) is 0 Å². The van der Waals surface area contributed by atoms with Crippen LogP contribution in [0.2, 0.25) is 0 Å². The number of nitrogens with zero attached hydrogens (tertiary/aromatic N) is 4. The van der Waals surface area contributed by atoms with Crippen LogP contribution in [0.1, 0.15) is 23.3 Å². The third-order valence-electron chi connectivity index (χ3n) is 4.29. The first-order valence-electron chi connectivity index (χ1n) is 7.75. The highest BCUT2D eigenvalue weighted by molar-refractivity contribution is 7.22. The van der Waals surface area contributed by atoms with Gasteiger partial charge in [0, 0.05) is 32.1 Å². The van der Waals surface area contributed by atoms with Gasteiger partial charge in [-0.05, 0) is 19.9 Å². The fraction of sp³-hybridized carbons (Fsp3) is 0.571. The molecule has 1 saturated carbocycles. The highest BCUT2D eigenvalue weighted by Crippen LogP contribution is 2.32. The van der Waals surface area contributed by atoms with Gasteiger partial charge >= 0.3 is 0 Å². The lowest BCUT2D eigenvalue weighted by molar-refractivity contribution is -0.117. The number of amides is 2. The van der Waals surface area contributed by atoms with E-state index in [2.05, 4.69) is 25.4 Å². The second kappa shape index (κ2) is 5.57. The number of piperazine rings is 1. The van der Waals surface area contributed by atoms with Crippen molar-refractivity contribution < 1.29 is 9.59 Å². The van der Waals surface area contributed by atoms with Crippen molar-refractivity contribution in [3.8, 4) is 0 Å². The summed E-state index contributed by atoms with van der Waals surface area (Å²) in [5.74, 6) is 0.0659. The summed E-state index contributed by atoms with van der Waals surface area (Å²) in [6, 6.07) is 0. The summed E-state index contributed by atoms with van der Waals surface area (Å²) >= 11 is 1.30. The number of anilines is 1. The maximum Gasteiger partial charge on any atom is 0.276 e. The minimum atomic E-state index is -0.0759. The molecule has 8 nitrogen and oxygen atoms in total. The average Bonchev–Trinajstić information content (AvgIpc) is 3.21. The van der Waals surface area contributed by atoms with Crippen LogP contribution in [0.4, 0.5) is 5.13 Å². The number of hydrogen-bond acceptors (Lipinski definition) is 6. The van der Waals surface area contributed by atoms with Gasteiger partial charge in [0.2, 0.25) is 5.91 Å². The Morgan fingerprint density at radius 1 is 1.26 bits per heavy atom. The van der Waals surface area contributed by atoms with Crippen molar-refractivity contribution in [2.75, 3.05) is 38.5 Å². The third kappa shape index (κ3) is 2.81. The van der Waals surface area contributed by atoms with Crippen molar-refractivity contribution in [2.45, 2.75) is 12.8 Å². The topological polar surface area (TPSA) is 94.2 Å².